The molecule has 2 aromatic rings. The molecule has 18 heavy (non-hydrogen) atoms. The van der Waals surface area contributed by atoms with Gasteiger partial charge in [-0.25, -0.2) is 4.98 Å². The molecule has 0 aliphatic heterocycles. The zero-order valence-corrected chi connectivity index (χ0v) is 12.3. The van der Waals surface area contributed by atoms with Crippen molar-refractivity contribution in [1.82, 2.24) is 9.55 Å². The van der Waals surface area contributed by atoms with Crippen molar-refractivity contribution in [2.75, 3.05) is 6.54 Å². The summed E-state index contributed by atoms with van der Waals surface area (Å²) in [6.45, 7) is 7.68. The van der Waals surface area contributed by atoms with E-state index in [4.69, 9.17) is 28.9 Å². The van der Waals surface area contributed by atoms with Crippen LogP contribution in [0.3, 0.4) is 0 Å². The van der Waals surface area contributed by atoms with Gasteiger partial charge in [0.25, 0.3) is 0 Å². The quantitative estimate of drug-likeness (QED) is 0.916. The second-order valence-electron chi connectivity index (χ2n) is 5.38. The van der Waals surface area contributed by atoms with E-state index in [0.29, 0.717) is 16.6 Å². The number of hydrogen-bond donors (Lipinski definition) is 1. The summed E-state index contributed by atoms with van der Waals surface area (Å²) in [4.78, 5) is 4.67. The van der Waals surface area contributed by atoms with Crippen molar-refractivity contribution in [2.45, 2.75) is 32.7 Å². The Morgan fingerprint density at radius 3 is 2.39 bits per heavy atom. The summed E-state index contributed by atoms with van der Waals surface area (Å²) in [5.41, 5.74) is 7.48. The number of nitrogens with zero attached hydrogens (tertiary/aromatic N) is 2. The third-order valence-electron chi connectivity index (χ3n) is 2.81. The molecule has 0 atom stereocenters. The minimum absolute atomic E-state index is 0.0485. The summed E-state index contributed by atoms with van der Waals surface area (Å²) in [5.74, 6) is 1.00. The van der Waals surface area contributed by atoms with Gasteiger partial charge in [-0.05, 0) is 12.1 Å². The van der Waals surface area contributed by atoms with Crippen LogP contribution < -0.4 is 5.73 Å². The highest BCUT2D eigenvalue weighted by atomic mass is 35.5. The standard InChI is InChI=1S/C13H17Cl2N3/c1-13(2,3)12-17-10-6-8(14)9(15)7-11(10)18(12)5-4-16/h6-7H,4-5,16H2,1-3H3. The molecule has 1 aromatic carbocycles. The van der Waals surface area contributed by atoms with Crippen LogP contribution in [0.2, 0.25) is 10.0 Å². The van der Waals surface area contributed by atoms with Crippen LogP contribution in [-0.4, -0.2) is 16.1 Å². The van der Waals surface area contributed by atoms with Gasteiger partial charge < -0.3 is 10.3 Å². The first-order valence-electron chi connectivity index (χ1n) is 5.90. The number of rotatable bonds is 2. The van der Waals surface area contributed by atoms with E-state index in [2.05, 4.69) is 30.3 Å². The van der Waals surface area contributed by atoms with Gasteiger partial charge in [-0.1, -0.05) is 44.0 Å². The maximum Gasteiger partial charge on any atom is 0.115 e. The van der Waals surface area contributed by atoms with Crippen LogP contribution in [-0.2, 0) is 12.0 Å². The van der Waals surface area contributed by atoms with Gasteiger partial charge in [0.15, 0.2) is 0 Å². The Hall–Kier alpha value is -0.770. The second-order valence-corrected chi connectivity index (χ2v) is 6.20. The van der Waals surface area contributed by atoms with Gasteiger partial charge in [-0.3, -0.25) is 0 Å². The van der Waals surface area contributed by atoms with E-state index >= 15 is 0 Å². The molecule has 0 radical (unpaired) electrons. The van der Waals surface area contributed by atoms with E-state index in [0.717, 1.165) is 23.4 Å². The van der Waals surface area contributed by atoms with E-state index < -0.39 is 0 Å². The van der Waals surface area contributed by atoms with Crippen LogP contribution in [0.5, 0.6) is 0 Å². The highest BCUT2D eigenvalue weighted by Gasteiger charge is 2.23. The molecule has 0 aliphatic rings. The van der Waals surface area contributed by atoms with E-state index in [9.17, 15) is 0 Å². The average Bonchev–Trinajstić information content (AvgIpc) is 2.58. The fraction of sp³-hybridized carbons (Fsp3) is 0.462. The molecule has 0 spiro atoms. The molecule has 0 saturated heterocycles. The van der Waals surface area contributed by atoms with Gasteiger partial charge >= 0.3 is 0 Å². The van der Waals surface area contributed by atoms with Crippen molar-refractivity contribution >= 4 is 34.2 Å². The van der Waals surface area contributed by atoms with Gasteiger partial charge in [0.1, 0.15) is 5.82 Å². The molecule has 2 rings (SSSR count). The van der Waals surface area contributed by atoms with Gasteiger partial charge in [-0.2, -0.15) is 0 Å². The Bertz CT molecular complexity index is 582. The maximum atomic E-state index is 6.08. The third-order valence-corrected chi connectivity index (χ3v) is 3.54. The highest BCUT2D eigenvalue weighted by Crippen LogP contribution is 2.31. The monoisotopic (exact) mass is 285 g/mol. The van der Waals surface area contributed by atoms with Gasteiger partial charge in [0.05, 0.1) is 21.1 Å². The molecule has 0 saturated carbocycles. The lowest BCUT2D eigenvalue weighted by Crippen LogP contribution is -2.21. The molecule has 1 heterocycles. The Kier molecular flexibility index (Phi) is 3.58. The van der Waals surface area contributed by atoms with Gasteiger partial charge in [0.2, 0.25) is 0 Å². The summed E-state index contributed by atoms with van der Waals surface area (Å²) in [6, 6.07) is 3.67. The molecular formula is C13H17Cl2N3. The summed E-state index contributed by atoms with van der Waals surface area (Å²) >= 11 is 12.1. The Morgan fingerprint density at radius 2 is 1.83 bits per heavy atom. The van der Waals surface area contributed by atoms with Crippen LogP contribution >= 0.6 is 23.2 Å². The van der Waals surface area contributed by atoms with E-state index in [1.165, 1.54) is 0 Å². The molecule has 1 aromatic heterocycles. The Morgan fingerprint density at radius 1 is 1.22 bits per heavy atom. The first kappa shape index (κ1) is 13.7. The molecule has 0 aliphatic carbocycles. The first-order valence-corrected chi connectivity index (χ1v) is 6.66. The van der Waals surface area contributed by atoms with Crippen molar-refractivity contribution in [3.8, 4) is 0 Å². The van der Waals surface area contributed by atoms with Gasteiger partial charge in [0, 0.05) is 18.5 Å². The molecule has 2 N–H and O–H groups in total. The number of hydrogen-bond acceptors (Lipinski definition) is 2. The predicted molar refractivity (Wildman–Crippen MR) is 77.5 cm³/mol. The normalized spacial score (nSPS) is 12.3. The number of nitrogens with two attached hydrogens (primary N) is 1. The van der Waals surface area contributed by atoms with Crippen molar-refractivity contribution < 1.29 is 0 Å². The molecule has 0 bridgehead atoms. The number of halogens is 2. The Labute approximate surface area is 117 Å². The second kappa shape index (κ2) is 4.72. The zero-order valence-electron chi connectivity index (χ0n) is 10.8. The number of imidazole rings is 1. The SMILES string of the molecule is CC(C)(C)c1nc2cc(Cl)c(Cl)cc2n1CCN. The maximum absolute atomic E-state index is 6.08. The lowest BCUT2D eigenvalue weighted by atomic mass is 9.95. The number of aromatic nitrogens is 2. The topological polar surface area (TPSA) is 43.8 Å². The zero-order chi connectivity index (χ0) is 13.5. The first-order chi connectivity index (χ1) is 8.34. The van der Waals surface area contributed by atoms with E-state index in [1.807, 2.05) is 12.1 Å². The van der Waals surface area contributed by atoms with Crippen LogP contribution in [0.4, 0.5) is 0 Å². The third kappa shape index (κ3) is 2.35. The van der Waals surface area contributed by atoms with E-state index in [1.54, 1.807) is 0 Å². The Balaban J connectivity index is 2.75. The van der Waals surface area contributed by atoms with Crippen molar-refractivity contribution in [1.29, 1.82) is 0 Å². The largest absolute Gasteiger partial charge is 0.329 e. The fourth-order valence-electron chi connectivity index (χ4n) is 2.05. The van der Waals surface area contributed by atoms with Crippen molar-refractivity contribution in [3.63, 3.8) is 0 Å². The van der Waals surface area contributed by atoms with Crippen LogP contribution in [0.15, 0.2) is 12.1 Å². The molecule has 3 nitrogen and oxygen atoms in total. The summed E-state index contributed by atoms with van der Waals surface area (Å²) in [7, 11) is 0. The molecule has 5 heteroatoms. The molecule has 0 amide bonds. The number of benzene rings is 1. The van der Waals surface area contributed by atoms with Gasteiger partial charge in [-0.15, -0.1) is 0 Å². The van der Waals surface area contributed by atoms with Crippen LogP contribution in [0.25, 0.3) is 11.0 Å². The molecule has 0 fully saturated rings. The summed E-state index contributed by atoms with van der Waals surface area (Å²) in [5, 5.41) is 1.07. The molecule has 98 valence electrons. The fourth-order valence-corrected chi connectivity index (χ4v) is 2.36. The predicted octanol–water partition coefficient (Wildman–Crippen LogP) is 3.60. The summed E-state index contributed by atoms with van der Waals surface area (Å²) in [6.07, 6.45) is 0. The lowest BCUT2D eigenvalue weighted by molar-refractivity contribution is 0.506. The van der Waals surface area contributed by atoms with Crippen molar-refractivity contribution in [3.05, 3.63) is 28.0 Å². The molecule has 0 unspecified atom stereocenters. The average molecular weight is 286 g/mol. The minimum Gasteiger partial charge on any atom is -0.329 e. The smallest absolute Gasteiger partial charge is 0.115 e. The molecular weight excluding hydrogens is 269 g/mol. The minimum atomic E-state index is -0.0485. The summed E-state index contributed by atoms with van der Waals surface area (Å²) < 4.78 is 2.12. The highest BCUT2D eigenvalue weighted by molar-refractivity contribution is 6.42. The number of fused-ring (bicyclic) bond motifs is 1. The van der Waals surface area contributed by atoms with E-state index in [-0.39, 0.29) is 5.41 Å². The van der Waals surface area contributed by atoms with Crippen LogP contribution in [0.1, 0.15) is 26.6 Å². The van der Waals surface area contributed by atoms with Crippen LogP contribution in [0, 0.1) is 0 Å². The lowest BCUT2D eigenvalue weighted by Gasteiger charge is -2.19. The van der Waals surface area contributed by atoms with Crippen molar-refractivity contribution in [2.24, 2.45) is 5.73 Å².